The normalized spacial score (nSPS) is 12.9. The Kier molecular flexibility index (Phi) is 81.7. The van der Waals surface area contributed by atoms with E-state index in [4.69, 9.17) is 18.9 Å². The quantitative estimate of drug-likeness (QED) is 0.0211. The molecule has 9 heteroatoms. The number of carboxylic acid groups (broad SMARTS) is 1. The average Bonchev–Trinajstić information content (AvgIpc) is 0.985. The number of carbonyl (C=O) groups is 3. The van der Waals surface area contributed by atoms with Crippen molar-refractivity contribution in [2.75, 3.05) is 47.5 Å². The summed E-state index contributed by atoms with van der Waals surface area (Å²) < 4.78 is 23.1. The monoisotopic (exact) mass is 1450 g/mol. The lowest BCUT2D eigenvalue weighted by atomic mass is 10.0. The lowest BCUT2D eigenvalue weighted by molar-refractivity contribution is -0.870. The van der Waals surface area contributed by atoms with Crippen LogP contribution < -0.4 is 0 Å². The topological polar surface area (TPSA) is 108 Å². The molecule has 2 unspecified atom stereocenters. The molecule has 0 spiro atoms. The van der Waals surface area contributed by atoms with Gasteiger partial charge in [0.25, 0.3) is 6.29 Å². The van der Waals surface area contributed by atoms with Gasteiger partial charge in [-0.3, -0.25) is 9.59 Å². The summed E-state index contributed by atoms with van der Waals surface area (Å²) in [4.78, 5) is 37.8. The molecular weight excluding hydrogens is 1270 g/mol. The van der Waals surface area contributed by atoms with E-state index in [-0.39, 0.29) is 38.2 Å². The van der Waals surface area contributed by atoms with Crippen molar-refractivity contribution >= 4 is 17.9 Å². The number of esters is 2. The standard InChI is InChI=1S/C94H173NO8/c1-6-8-10-12-14-16-18-20-22-24-26-28-30-32-34-36-38-40-42-44-46-48-50-52-54-56-58-60-62-64-66-68-70-72-74-76-78-80-82-84-91(96)101-88-90(89-102-94(93(98)99)100-87-86-95(3,4)5)103-92(97)85-83-81-79-77-75-73-71-69-67-65-63-61-59-57-55-53-51-49-47-45-43-41-39-37-35-33-31-29-27-25-23-21-19-17-15-13-11-9-7-2/h9,11,15,17-18,20-21,23-24,26-27,29,90,94H,6-8,10,12-14,16,19,22,25,28,30-89H2,1-5H3/p+1/b11-9-,17-15-,20-18-,23-21-,26-24-,29-27-. The van der Waals surface area contributed by atoms with Crippen molar-refractivity contribution in [3.63, 3.8) is 0 Å². The number of nitrogens with zero attached hydrogens (tertiary/aromatic N) is 1. The zero-order valence-electron chi connectivity index (χ0n) is 69.2. The number of likely N-dealkylation sites (N-methyl/N-ethyl adjacent to an activating group) is 1. The third-order valence-electron chi connectivity index (χ3n) is 20.4. The van der Waals surface area contributed by atoms with Crippen molar-refractivity contribution < 1.29 is 42.9 Å². The van der Waals surface area contributed by atoms with E-state index in [9.17, 15) is 19.5 Å². The van der Waals surface area contributed by atoms with Crippen molar-refractivity contribution in [2.24, 2.45) is 0 Å². The molecule has 0 heterocycles. The van der Waals surface area contributed by atoms with Crippen molar-refractivity contribution in [3.05, 3.63) is 72.9 Å². The van der Waals surface area contributed by atoms with Gasteiger partial charge >= 0.3 is 17.9 Å². The molecule has 9 nitrogen and oxygen atoms in total. The minimum absolute atomic E-state index is 0.176. The van der Waals surface area contributed by atoms with Crippen LogP contribution in [0.1, 0.15) is 450 Å². The molecule has 0 radical (unpaired) electrons. The first-order chi connectivity index (χ1) is 50.6. The van der Waals surface area contributed by atoms with E-state index in [1.165, 1.54) is 353 Å². The minimum atomic E-state index is -1.51. The molecule has 0 rings (SSSR count). The molecule has 0 aromatic rings. The van der Waals surface area contributed by atoms with Crippen molar-refractivity contribution in [3.8, 4) is 0 Å². The second kappa shape index (κ2) is 84.4. The largest absolute Gasteiger partial charge is 0.477 e. The number of hydrogen-bond acceptors (Lipinski definition) is 7. The first-order valence-corrected chi connectivity index (χ1v) is 45.1. The van der Waals surface area contributed by atoms with Gasteiger partial charge < -0.3 is 28.5 Å². The highest BCUT2D eigenvalue weighted by molar-refractivity contribution is 5.71. The van der Waals surface area contributed by atoms with E-state index in [1.54, 1.807) is 0 Å². The second-order valence-corrected chi connectivity index (χ2v) is 31.9. The van der Waals surface area contributed by atoms with Gasteiger partial charge in [0, 0.05) is 12.8 Å². The summed E-state index contributed by atoms with van der Waals surface area (Å²) in [5.74, 6) is -1.97. The third kappa shape index (κ3) is 85.9. The first-order valence-electron chi connectivity index (χ1n) is 45.1. The molecule has 2 atom stereocenters. The van der Waals surface area contributed by atoms with Gasteiger partial charge in [-0.15, -0.1) is 0 Å². The fraction of sp³-hybridized carbons (Fsp3) is 0.840. The highest BCUT2D eigenvalue weighted by Crippen LogP contribution is 2.21. The van der Waals surface area contributed by atoms with Crippen LogP contribution in [-0.2, 0) is 33.3 Å². The predicted molar refractivity (Wildman–Crippen MR) is 447 cm³/mol. The minimum Gasteiger partial charge on any atom is -0.477 e. The summed E-state index contributed by atoms with van der Waals surface area (Å²) in [6.45, 7) is 4.83. The van der Waals surface area contributed by atoms with Gasteiger partial charge in [-0.1, -0.05) is 427 Å². The molecule has 0 fully saturated rings. The number of hydrogen-bond donors (Lipinski definition) is 1. The van der Waals surface area contributed by atoms with Crippen LogP contribution in [-0.4, -0.2) is 87.4 Å². The molecule has 0 bridgehead atoms. The third-order valence-corrected chi connectivity index (χ3v) is 20.4. The Bertz CT molecular complexity index is 1930. The van der Waals surface area contributed by atoms with Crippen LogP contribution in [0.15, 0.2) is 72.9 Å². The van der Waals surface area contributed by atoms with Gasteiger partial charge in [-0.05, 0) is 83.5 Å². The number of allylic oxidation sites excluding steroid dienone is 12. The molecule has 0 aromatic heterocycles. The van der Waals surface area contributed by atoms with Gasteiger partial charge in [-0.2, -0.15) is 0 Å². The average molecular weight is 1450 g/mol. The van der Waals surface area contributed by atoms with E-state index >= 15 is 0 Å². The lowest BCUT2D eigenvalue weighted by Gasteiger charge is -2.25. The Hall–Kier alpha value is -3.27. The van der Waals surface area contributed by atoms with Gasteiger partial charge in [0.15, 0.2) is 6.10 Å². The molecule has 103 heavy (non-hydrogen) atoms. The van der Waals surface area contributed by atoms with Crippen LogP contribution in [0.3, 0.4) is 0 Å². The fourth-order valence-electron chi connectivity index (χ4n) is 13.6. The number of rotatable bonds is 85. The molecule has 602 valence electrons. The molecule has 0 amide bonds. The number of ether oxygens (including phenoxy) is 4. The highest BCUT2D eigenvalue weighted by atomic mass is 16.7. The van der Waals surface area contributed by atoms with Gasteiger partial charge in [0.2, 0.25) is 0 Å². The summed E-state index contributed by atoms with van der Waals surface area (Å²) in [6, 6.07) is 0. The lowest BCUT2D eigenvalue weighted by Crippen LogP contribution is -2.40. The zero-order chi connectivity index (χ0) is 74.6. The number of unbranched alkanes of at least 4 members (excludes halogenated alkanes) is 58. The number of aliphatic carboxylic acids is 1. The molecule has 1 N–H and O–H groups in total. The van der Waals surface area contributed by atoms with Crippen molar-refractivity contribution in [1.29, 1.82) is 0 Å². The summed E-state index contributed by atoms with van der Waals surface area (Å²) in [7, 11) is 6.00. The smallest absolute Gasteiger partial charge is 0.361 e. The number of carbonyl (C=O) groups excluding carboxylic acids is 2. The SMILES string of the molecule is CC/C=C\C/C=C\C/C=C\C/C=C\CCCCCCCCCCCCCCCCCCCCCCCCCCCCC(=O)OC(COC(=O)CCCCCCCCCCCCCCCCCCCCCCCCCCCCC/C=C\C/C=C\CCCCCCC)COC(OCC[N+](C)(C)C)C(=O)O. The fourth-order valence-corrected chi connectivity index (χ4v) is 13.6. The van der Waals surface area contributed by atoms with Crippen LogP contribution >= 0.6 is 0 Å². The van der Waals surface area contributed by atoms with Crippen LogP contribution in [0.4, 0.5) is 0 Å². The molecule has 0 aliphatic rings. The van der Waals surface area contributed by atoms with Gasteiger partial charge in [-0.25, -0.2) is 4.79 Å². The zero-order valence-corrected chi connectivity index (χ0v) is 69.2. The maximum absolute atomic E-state index is 13.0. The van der Waals surface area contributed by atoms with E-state index in [0.29, 0.717) is 17.4 Å². The second-order valence-electron chi connectivity index (χ2n) is 31.9. The molecule has 0 aliphatic heterocycles. The van der Waals surface area contributed by atoms with E-state index in [1.807, 2.05) is 21.1 Å². The molecule has 0 saturated carbocycles. The van der Waals surface area contributed by atoms with Gasteiger partial charge in [0.05, 0.1) is 34.4 Å². The molecular formula is C94H174NO8+. The predicted octanol–water partition coefficient (Wildman–Crippen LogP) is 29.5. The Labute approximate surface area is 640 Å². The van der Waals surface area contributed by atoms with Crippen LogP contribution in [0.25, 0.3) is 0 Å². The Morgan fingerprint density at radius 1 is 0.301 bits per heavy atom. The highest BCUT2D eigenvalue weighted by Gasteiger charge is 2.25. The molecule has 0 aromatic carbocycles. The van der Waals surface area contributed by atoms with Crippen molar-refractivity contribution in [2.45, 2.75) is 463 Å². The first kappa shape index (κ1) is 99.7. The van der Waals surface area contributed by atoms with E-state index in [2.05, 4.69) is 86.8 Å². The van der Waals surface area contributed by atoms with Crippen LogP contribution in [0.2, 0.25) is 0 Å². The maximum atomic E-state index is 13.0. The Balaban J connectivity index is 3.89. The summed E-state index contributed by atoms with van der Waals surface area (Å²) in [5.41, 5.74) is 0. The maximum Gasteiger partial charge on any atom is 0.361 e. The molecule has 0 aliphatic carbocycles. The number of carboxylic acids is 1. The molecule has 0 saturated heterocycles. The number of quaternary nitrogens is 1. The summed E-state index contributed by atoms with van der Waals surface area (Å²) >= 11 is 0. The van der Waals surface area contributed by atoms with Crippen LogP contribution in [0.5, 0.6) is 0 Å². The summed E-state index contributed by atoms with van der Waals surface area (Å²) in [6.07, 6.45) is 113. The Morgan fingerprint density at radius 3 is 0.825 bits per heavy atom. The summed E-state index contributed by atoms with van der Waals surface area (Å²) in [5, 5.41) is 9.80. The van der Waals surface area contributed by atoms with Crippen LogP contribution in [0, 0.1) is 0 Å². The Morgan fingerprint density at radius 2 is 0.553 bits per heavy atom. The van der Waals surface area contributed by atoms with Gasteiger partial charge in [0.1, 0.15) is 13.2 Å². The van der Waals surface area contributed by atoms with Crippen molar-refractivity contribution in [1.82, 2.24) is 0 Å². The van der Waals surface area contributed by atoms with E-state index < -0.39 is 18.4 Å². The van der Waals surface area contributed by atoms with E-state index in [0.717, 1.165) is 70.6 Å².